The van der Waals surface area contributed by atoms with Crippen LogP contribution in [0.2, 0.25) is 0 Å². The molecule has 3 N–H and O–H groups in total. The summed E-state index contributed by atoms with van der Waals surface area (Å²) in [5.74, 6) is -0.0712. The lowest BCUT2D eigenvalue weighted by Gasteiger charge is -2.35. The zero-order chi connectivity index (χ0) is 16.1. The van der Waals surface area contributed by atoms with E-state index in [0.717, 1.165) is 19.6 Å². The molecule has 0 aromatic heterocycles. The van der Waals surface area contributed by atoms with Crippen molar-refractivity contribution in [2.45, 2.75) is 45.6 Å². The van der Waals surface area contributed by atoms with Crippen LogP contribution < -0.4 is 11.1 Å². The van der Waals surface area contributed by atoms with E-state index in [4.69, 9.17) is 10.5 Å². The molecule has 0 spiro atoms. The third-order valence-electron chi connectivity index (χ3n) is 3.85. The van der Waals surface area contributed by atoms with Gasteiger partial charge < -0.3 is 15.8 Å². The first kappa shape index (κ1) is 23.1. The number of benzene rings is 1. The number of halogens is 2. The van der Waals surface area contributed by atoms with Crippen LogP contribution in [0.5, 0.6) is 0 Å². The molecule has 7 heteroatoms. The summed E-state index contributed by atoms with van der Waals surface area (Å²) in [6.07, 6.45) is 0.540. The van der Waals surface area contributed by atoms with Gasteiger partial charge >= 0.3 is 0 Å². The fourth-order valence-corrected chi connectivity index (χ4v) is 2.80. The van der Waals surface area contributed by atoms with Crippen molar-refractivity contribution in [3.05, 3.63) is 35.4 Å². The van der Waals surface area contributed by atoms with Crippen molar-refractivity contribution < 1.29 is 9.53 Å². The van der Waals surface area contributed by atoms with Crippen LogP contribution in [0.3, 0.4) is 0 Å². The molecule has 1 aliphatic rings. The molecular formula is C17H29Cl2N3O2. The Kier molecular flexibility index (Phi) is 10.5. The summed E-state index contributed by atoms with van der Waals surface area (Å²) in [4.78, 5) is 14.4. The van der Waals surface area contributed by atoms with Gasteiger partial charge in [-0.1, -0.05) is 12.1 Å². The van der Waals surface area contributed by atoms with Crippen molar-refractivity contribution in [2.24, 2.45) is 5.73 Å². The normalized spacial score (nSPS) is 22.0. The number of carbonyl (C=O) groups excluding carboxylic acids is 1. The maximum atomic E-state index is 12.0. The van der Waals surface area contributed by atoms with Gasteiger partial charge in [-0.25, -0.2) is 0 Å². The van der Waals surface area contributed by atoms with Gasteiger partial charge in [0.25, 0.3) is 5.91 Å². The molecule has 2 unspecified atom stereocenters. The van der Waals surface area contributed by atoms with Crippen molar-refractivity contribution in [3.63, 3.8) is 0 Å². The number of morpholine rings is 1. The highest BCUT2D eigenvalue weighted by Gasteiger charge is 2.22. The lowest BCUT2D eigenvalue weighted by Crippen LogP contribution is -2.44. The Morgan fingerprint density at radius 1 is 1.25 bits per heavy atom. The lowest BCUT2D eigenvalue weighted by molar-refractivity contribution is -0.0704. The van der Waals surface area contributed by atoms with Gasteiger partial charge in [-0.3, -0.25) is 9.69 Å². The maximum absolute atomic E-state index is 12.0. The molecule has 24 heavy (non-hydrogen) atoms. The van der Waals surface area contributed by atoms with Crippen LogP contribution in [0, 0.1) is 0 Å². The van der Waals surface area contributed by atoms with Crippen LogP contribution in [-0.4, -0.2) is 48.7 Å². The minimum Gasteiger partial charge on any atom is -0.373 e. The quantitative estimate of drug-likeness (QED) is 0.825. The van der Waals surface area contributed by atoms with Crippen LogP contribution in [0.15, 0.2) is 24.3 Å². The summed E-state index contributed by atoms with van der Waals surface area (Å²) in [6.45, 7) is 9.33. The van der Waals surface area contributed by atoms with Gasteiger partial charge in [0.1, 0.15) is 0 Å². The van der Waals surface area contributed by atoms with E-state index in [1.807, 2.05) is 31.2 Å². The highest BCUT2D eigenvalue weighted by molar-refractivity contribution is 5.94. The fourth-order valence-electron chi connectivity index (χ4n) is 2.80. The van der Waals surface area contributed by atoms with Crippen molar-refractivity contribution >= 4 is 30.7 Å². The number of nitrogens with one attached hydrogen (secondary N) is 1. The van der Waals surface area contributed by atoms with Crippen LogP contribution in [-0.2, 0) is 11.3 Å². The summed E-state index contributed by atoms with van der Waals surface area (Å²) in [6, 6.07) is 7.78. The number of amides is 1. The molecule has 0 saturated carbocycles. The van der Waals surface area contributed by atoms with Gasteiger partial charge in [0.05, 0.1) is 12.2 Å². The number of hydrogen-bond acceptors (Lipinski definition) is 4. The average molecular weight is 378 g/mol. The van der Waals surface area contributed by atoms with E-state index < -0.39 is 0 Å². The molecule has 138 valence electrons. The van der Waals surface area contributed by atoms with Crippen molar-refractivity contribution in [2.75, 3.05) is 19.6 Å². The smallest absolute Gasteiger partial charge is 0.251 e. The van der Waals surface area contributed by atoms with Crippen LogP contribution in [0.25, 0.3) is 0 Å². The van der Waals surface area contributed by atoms with E-state index in [1.54, 1.807) is 0 Å². The Balaban J connectivity index is 0.00000264. The van der Waals surface area contributed by atoms with Gasteiger partial charge in [0, 0.05) is 37.8 Å². The van der Waals surface area contributed by atoms with Gasteiger partial charge in [-0.2, -0.15) is 0 Å². The second-order valence-electron chi connectivity index (χ2n) is 6.26. The molecule has 1 aromatic rings. The molecule has 1 aromatic carbocycles. The number of nitrogens with two attached hydrogens (primary N) is 1. The number of ether oxygens (including phenoxy) is 1. The Morgan fingerprint density at radius 3 is 2.29 bits per heavy atom. The second-order valence-corrected chi connectivity index (χ2v) is 6.26. The molecule has 5 nitrogen and oxygen atoms in total. The SMILES string of the molecule is CC1CN(Cc2ccc(C(=O)N[C@@H](C)CN)cc2)CC(C)O1.Cl.Cl. The number of hydrogen-bond donors (Lipinski definition) is 2. The largest absolute Gasteiger partial charge is 0.373 e. The standard InChI is InChI=1S/C17H27N3O2.2ClH/c1-12(8-18)19-17(21)16-6-4-15(5-7-16)11-20-9-13(2)22-14(3)10-20;;/h4-7,12-14H,8-11,18H2,1-3H3,(H,19,21);2*1H/t12-,13?,14?;;/m0../s1. The molecule has 2 rings (SSSR count). The molecule has 1 aliphatic heterocycles. The van der Waals surface area contributed by atoms with E-state index in [2.05, 4.69) is 24.1 Å². The summed E-state index contributed by atoms with van der Waals surface area (Å²) in [5, 5.41) is 2.87. The van der Waals surface area contributed by atoms with Crippen LogP contribution in [0.4, 0.5) is 0 Å². The molecule has 3 atom stereocenters. The van der Waals surface area contributed by atoms with Gasteiger partial charge in [0.15, 0.2) is 0 Å². The second kappa shape index (κ2) is 10.9. The third kappa shape index (κ3) is 6.95. The summed E-state index contributed by atoms with van der Waals surface area (Å²) < 4.78 is 5.75. The first-order valence-corrected chi connectivity index (χ1v) is 7.95. The third-order valence-corrected chi connectivity index (χ3v) is 3.85. The predicted molar refractivity (Wildman–Crippen MR) is 102 cm³/mol. The Morgan fingerprint density at radius 2 is 1.79 bits per heavy atom. The zero-order valence-corrected chi connectivity index (χ0v) is 16.2. The summed E-state index contributed by atoms with van der Waals surface area (Å²) in [5.41, 5.74) is 7.41. The Bertz CT molecular complexity index is 489. The first-order valence-electron chi connectivity index (χ1n) is 7.95. The highest BCUT2D eigenvalue weighted by atomic mass is 35.5. The Labute approximate surface area is 157 Å². The maximum Gasteiger partial charge on any atom is 0.251 e. The molecule has 0 bridgehead atoms. The van der Waals surface area contributed by atoms with Crippen molar-refractivity contribution in [1.29, 1.82) is 0 Å². The Hall–Kier alpha value is -0.850. The first-order chi connectivity index (χ1) is 10.5. The fraction of sp³-hybridized carbons (Fsp3) is 0.588. The molecule has 1 fully saturated rings. The minimum atomic E-state index is -0.0712. The van der Waals surface area contributed by atoms with E-state index in [9.17, 15) is 4.79 Å². The van der Waals surface area contributed by atoms with Crippen molar-refractivity contribution in [1.82, 2.24) is 10.2 Å². The van der Waals surface area contributed by atoms with Gasteiger partial charge in [-0.15, -0.1) is 24.8 Å². The average Bonchev–Trinajstić information content (AvgIpc) is 2.46. The van der Waals surface area contributed by atoms with Crippen LogP contribution >= 0.6 is 24.8 Å². The molecule has 0 aliphatic carbocycles. The predicted octanol–water partition coefficient (Wildman–Crippen LogP) is 2.22. The topological polar surface area (TPSA) is 67.6 Å². The summed E-state index contributed by atoms with van der Waals surface area (Å²) in [7, 11) is 0. The molecular weight excluding hydrogens is 349 g/mol. The zero-order valence-electron chi connectivity index (χ0n) is 14.5. The molecule has 1 heterocycles. The number of nitrogens with zero attached hydrogens (tertiary/aromatic N) is 1. The van der Waals surface area contributed by atoms with E-state index >= 15 is 0 Å². The monoisotopic (exact) mass is 377 g/mol. The van der Waals surface area contributed by atoms with Crippen molar-refractivity contribution in [3.8, 4) is 0 Å². The van der Waals surface area contributed by atoms with Gasteiger partial charge in [0.2, 0.25) is 0 Å². The molecule has 1 saturated heterocycles. The van der Waals surface area contributed by atoms with Crippen LogP contribution in [0.1, 0.15) is 36.7 Å². The number of rotatable bonds is 5. The highest BCUT2D eigenvalue weighted by Crippen LogP contribution is 2.14. The minimum absolute atomic E-state index is 0. The summed E-state index contributed by atoms with van der Waals surface area (Å²) >= 11 is 0. The van der Waals surface area contributed by atoms with Gasteiger partial charge in [-0.05, 0) is 38.5 Å². The lowest BCUT2D eigenvalue weighted by atomic mass is 10.1. The molecule has 1 amide bonds. The number of carbonyl (C=O) groups is 1. The van der Waals surface area contributed by atoms with E-state index in [-0.39, 0.29) is 49.0 Å². The van der Waals surface area contributed by atoms with E-state index in [1.165, 1.54) is 5.56 Å². The van der Waals surface area contributed by atoms with E-state index in [0.29, 0.717) is 12.1 Å². The molecule has 0 radical (unpaired) electrons.